The molecule has 0 spiro atoms. The van der Waals surface area contributed by atoms with Crippen molar-refractivity contribution >= 4 is 70.1 Å². The highest BCUT2D eigenvalue weighted by Gasteiger charge is 2.36. The highest BCUT2D eigenvalue weighted by atomic mass is 32.1. The molecule has 0 saturated carbocycles. The van der Waals surface area contributed by atoms with Gasteiger partial charge in [-0.2, -0.15) is 0 Å². The third-order valence-corrected chi connectivity index (χ3v) is 14.3. The lowest BCUT2D eigenvalue weighted by atomic mass is 9.81. The molecular weight excluding hydrogens is 755 g/mol. The third kappa shape index (κ3) is 5.74. The van der Waals surface area contributed by atoms with Gasteiger partial charge in [0.1, 0.15) is 0 Å². The normalized spacial score (nSPS) is 12.9. The summed E-state index contributed by atoms with van der Waals surface area (Å²) in [5.41, 5.74) is 16.1. The minimum atomic E-state index is -0.179. The second-order valence-corrected chi connectivity index (χ2v) is 17.9. The number of nitrogens with zero attached hydrogens (tertiary/aromatic N) is 1. The van der Waals surface area contributed by atoms with Crippen molar-refractivity contribution in [1.82, 2.24) is 0 Å². The van der Waals surface area contributed by atoms with E-state index in [0.29, 0.717) is 0 Å². The molecule has 0 bridgehead atoms. The summed E-state index contributed by atoms with van der Waals surface area (Å²) >= 11 is 1.88. The molecule has 10 aromatic carbocycles. The molecule has 12 rings (SSSR count). The van der Waals surface area contributed by atoms with E-state index >= 15 is 0 Å². The summed E-state index contributed by atoms with van der Waals surface area (Å²) in [6.45, 7) is 4.77. The van der Waals surface area contributed by atoms with E-state index in [2.05, 4.69) is 231 Å². The van der Waals surface area contributed by atoms with E-state index in [-0.39, 0.29) is 5.41 Å². The molecule has 2 heteroatoms. The van der Waals surface area contributed by atoms with Gasteiger partial charge in [0.15, 0.2) is 0 Å². The number of hydrogen-bond acceptors (Lipinski definition) is 2. The van der Waals surface area contributed by atoms with Gasteiger partial charge in [-0.15, -0.1) is 11.3 Å². The van der Waals surface area contributed by atoms with E-state index < -0.39 is 0 Å². The SMILES string of the molecule is CC1(C)c2cc(-c3ccccc3)ccc2-c2ccc(N(c3ccc(-c4ccc(-c5cccc6c5sc5ccccc56)cc4)cc3)c3cc4ccccc4c4ccccc34)cc21. The highest BCUT2D eigenvalue weighted by molar-refractivity contribution is 7.26. The molecule has 61 heavy (non-hydrogen) atoms. The van der Waals surface area contributed by atoms with Crippen molar-refractivity contribution in [3.05, 3.63) is 223 Å². The van der Waals surface area contributed by atoms with Gasteiger partial charge in [-0.25, -0.2) is 0 Å². The van der Waals surface area contributed by atoms with Crippen molar-refractivity contribution in [3.63, 3.8) is 0 Å². The van der Waals surface area contributed by atoms with Gasteiger partial charge < -0.3 is 4.90 Å². The number of rotatable bonds is 6. The van der Waals surface area contributed by atoms with Crippen LogP contribution in [0.4, 0.5) is 17.1 Å². The third-order valence-electron chi connectivity index (χ3n) is 13.1. The summed E-state index contributed by atoms with van der Waals surface area (Å²) in [7, 11) is 0. The Morgan fingerprint density at radius 1 is 0.361 bits per heavy atom. The van der Waals surface area contributed by atoms with Crippen molar-refractivity contribution in [1.29, 1.82) is 0 Å². The minimum Gasteiger partial charge on any atom is -0.310 e. The van der Waals surface area contributed by atoms with Gasteiger partial charge in [0.25, 0.3) is 0 Å². The first-order chi connectivity index (χ1) is 30.0. The van der Waals surface area contributed by atoms with Crippen molar-refractivity contribution in [2.75, 3.05) is 4.90 Å². The first-order valence-electron chi connectivity index (χ1n) is 21.2. The van der Waals surface area contributed by atoms with E-state index in [1.807, 2.05) is 11.3 Å². The van der Waals surface area contributed by atoms with Crippen LogP contribution < -0.4 is 4.90 Å². The topological polar surface area (TPSA) is 3.24 Å². The maximum absolute atomic E-state index is 2.47. The summed E-state index contributed by atoms with van der Waals surface area (Å²) in [6.07, 6.45) is 0. The van der Waals surface area contributed by atoms with Crippen LogP contribution in [0.15, 0.2) is 212 Å². The standard InChI is InChI=1S/C59H41NS/c1-59(2)54-35-42(38-13-4-3-5-14-38)29-33-49(54)50-34-32-45(37-55(50)59)60(56-36-43-15-6-7-16-46(43)48-17-8-9-18-51(48)56)44-30-27-40(28-31-44)39-23-25-41(26-24-39)47-20-12-21-53-52-19-10-11-22-57(52)61-58(47)53/h3-37H,1-2H3. The Balaban J connectivity index is 0.960. The van der Waals surface area contributed by atoms with Gasteiger partial charge in [-0.05, 0) is 114 Å². The molecule has 1 aliphatic rings. The molecule has 1 aliphatic carbocycles. The maximum atomic E-state index is 2.47. The molecule has 11 aromatic rings. The molecule has 0 N–H and O–H groups in total. The fourth-order valence-electron chi connectivity index (χ4n) is 9.94. The number of fused-ring (bicyclic) bond motifs is 9. The van der Waals surface area contributed by atoms with E-state index in [4.69, 9.17) is 0 Å². The van der Waals surface area contributed by atoms with Crippen LogP contribution in [-0.4, -0.2) is 0 Å². The molecule has 0 amide bonds. The van der Waals surface area contributed by atoms with Gasteiger partial charge in [-0.1, -0.05) is 184 Å². The Kier molecular flexibility index (Phi) is 8.13. The van der Waals surface area contributed by atoms with Crippen LogP contribution in [0.1, 0.15) is 25.0 Å². The Morgan fingerprint density at radius 2 is 0.918 bits per heavy atom. The number of benzene rings is 10. The predicted octanol–water partition coefficient (Wildman–Crippen LogP) is 17.1. The minimum absolute atomic E-state index is 0.179. The quantitative estimate of drug-likeness (QED) is 0.152. The van der Waals surface area contributed by atoms with Gasteiger partial charge in [-0.3, -0.25) is 0 Å². The highest BCUT2D eigenvalue weighted by Crippen LogP contribution is 2.52. The molecule has 1 aromatic heterocycles. The van der Waals surface area contributed by atoms with Crippen LogP contribution in [0.25, 0.3) is 86.2 Å². The zero-order valence-corrected chi connectivity index (χ0v) is 34.9. The van der Waals surface area contributed by atoms with Gasteiger partial charge in [0.2, 0.25) is 0 Å². The Morgan fingerprint density at radius 3 is 1.70 bits per heavy atom. The molecule has 0 fully saturated rings. The van der Waals surface area contributed by atoms with Crippen molar-refractivity contribution < 1.29 is 0 Å². The van der Waals surface area contributed by atoms with E-state index in [0.717, 1.165) is 11.4 Å². The summed E-state index contributed by atoms with van der Waals surface area (Å²) in [5.74, 6) is 0. The first-order valence-corrected chi connectivity index (χ1v) is 22.0. The second kappa shape index (κ2) is 13.9. The monoisotopic (exact) mass is 795 g/mol. The van der Waals surface area contributed by atoms with E-state index in [9.17, 15) is 0 Å². The molecule has 0 unspecified atom stereocenters. The average molecular weight is 796 g/mol. The summed E-state index contributed by atoms with van der Waals surface area (Å²) < 4.78 is 2.68. The second-order valence-electron chi connectivity index (χ2n) is 16.9. The average Bonchev–Trinajstić information content (AvgIpc) is 3.81. The largest absolute Gasteiger partial charge is 0.310 e. The summed E-state index contributed by atoms with van der Waals surface area (Å²) in [4.78, 5) is 2.47. The van der Waals surface area contributed by atoms with E-state index in [1.165, 1.54) is 103 Å². The molecule has 1 nitrogen and oxygen atoms in total. The van der Waals surface area contributed by atoms with Crippen LogP contribution in [-0.2, 0) is 5.41 Å². The number of anilines is 3. The van der Waals surface area contributed by atoms with Crippen molar-refractivity contribution in [2.45, 2.75) is 19.3 Å². The van der Waals surface area contributed by atoms with Gasteiger partial charge in [0.05, 0.1) is 5.69 Å². The predicted molar refractivity (Wildman–Crippen MR) is 263 cm³/mol. The van der Waals surface area contributed by atoms with Crippen molar-refractivity contribution in [3.8, 4) is 44.5 Å². The molecule has 0 saturated heterocycles. The number of thiophene rings is 1. The van der Waals surface area contributed by atoms with Crippen LogP contribution in [0, 0.1) is 0 Å². The van der Waals surface area contributed by atoms with Crippen molar-refractivity contribution in [2.24, 2.45) is 0 Å². The number of hydrogen-bond donors (Lipinski definition) is 0. The fourth-order valence-corrected chi connectivity index (χ4v) is 11.2. The van der Waals surface area contributed by atoms with Crippen LogP contribution >= 0.6 is 11.3 Å². The fraction of sp³-hybridized carbons (Fsp3) is 0.0508. The Bertz CT molecular complexity index is 3480. The lowest BCUT2D eigenvalue weighted by Crippen LogP contribution is -2.17. The lowest BCUT2D eigenvalue weighted by molar-refractivity contribution is 0.660. The molecule has 288 valence electrons. The molecule has 0 radical (unpaired) electrons. The zero-order chi connectivity index (χ0) is 40.7. The van der Waals surface area contributed by atoms with Crippen LogP contribution in [0.5, 0.6) is 0 Å². The summed E-state index contributed by atoms with van der Waals surface area (Å²) in [6, 6.07) is 78.6. The first kappa shape index (κ1) is 35.7. The zero-order valence-electron chi connectivity index (χ0n) is 34.1. The smallest absolute Gasteiger partial charge is 0.0546 e. The molecule has 1 heterocycles. The van der Waals surface area contributed by atoms with Crippen LogP contribution in [0.3, 0.4) is 0 Å². The van der Waals surface area contributed by atoms with E-state index in [1.54, 1.807) is 0 Å². The Labute approximate surface area is 360 Å². The molecule has 0 atom stereocenters. The van der Waals surface area contributed by atoms with Gasteiger partial charge in [0, 0.05) is 42.3 Å². The Hall–Kier alpha value is -7.26. The van der Waals surface area contributed by atoms with Crippen LogP contribution in [0.2, 0.25) is 0 Å². The molecule has 0 aliphatic heterocycles. The molecular formula is C59H41NS. The maximum Gasteiger partial charge on any atom is 0.0546 e. The summed E-state index contributed by atoms with van der Waals surface area (Å²) in [5, 5.41) is 7.64. The lowest BCUT2D eigenvalue weighted by Gasteiger charge is -2.29. The van der Waals surface area contributed by atoms with Gasteiger partial charge >= 0.3 is 0 Å².